The van der Waals surface area contributed by atoms with Crippen LogP contribution in [0.4, 0.5) is 5.69 Å². The van der Waals surface area contributed by atoms with Crippen LogP contribution >= 0.6 is 0 Å². The van der Waals surface area contributed by atoms with Gasteiger partial charge in [-0.15, -0.1) is 0 Å². The van der Waals surface area contributed by atoms with Gasteiger partial charge >= 0.3 is 10.2 Å². The van der Waals surface area contributed by atoms with E-state index in [-0.39, 0.29) is 12.5 Å². The lowest BCUT2D eigenvalue weighted by Crippen LogP contribution is -2.45. The molecule has 1 rings (SSSR count). The predicted molar refractivity (Wildman–Crippen MR) is 89.0 cm³/mol. The zero-order valence-electron chi connectivity index (χ0n) is 13.7. The lowest BCUT2D eigenvalue weighted by molar-refractivity contribution is -0.119. The number of carbonyl (C=O) groups is 1. The van der Waals surface area contributed by atoms with E-state index in [0.29, 0.717) is 12.2 Å². The highest BCUT2D eigenvalue weighted by Crippen LogP contribution is 2.19. The van der Waals surface area contributed by atoms with E-state index in [1.54, 1.807) is 12.1 Å². The number of aryl methyl sites for hydroxylation is 1. The molecule has 0 atom stereocenters. The number of benzene rings is 1. The SMILES string of the molecule is CCCCNC(=O)CN(c1ccc(C)cc1)S(=O)(=O)N(C)C. The third kappa shape index (κ3) is 4.99. The van der Waals surface area contributed by atoms with Crippen molar-refractivity contribution in [2.75, 3.05) is 31.5 Å². The topological polar surface area (TPSA) is 69.7 Å². The molecule has 0 spiro atoms. The fraction of sp³-hybridized carbons (Fsp3) is 0.533. The van der Waals surface area contributed by atoms with Crippen molar-refractivity contribution in [3.8, 4) is 0 Å². The van der Waals surface area contributed by atoms with E-state index in [0.717, 1.165) is 27.0 Å². The smallest absolute Gasteiger partial charge is 0.304 e. The maximum absolute atomic E-state index is 12.5. The molecule has 0 aliphatic rings. The van der Waals surface area contributed by atoms with Gasteiger partial charge in [0.2, 0.25) is 5.91 Å². The quantitative estimate of drug-likeness (QED) is 0.736. The Morgan fingerprint density at radius 2 is 1.77 bits per heavy atom. The van der Waals surface area contributed by atoms with Gasteiger partial charge in [-0.3, -0.25) is 4.79 Å². The van der Waals surface area contributed by atoms with Gasteiger partial charge < -0.3 is 5.32 Å². The molecule has 0 aliphatic heterocycles. The summed E-state index contributed by atoms with van der Waals surface area (Å²) in [5.41, 5.74) is 1.50. The number of hydrogen-bond donors (Lipinski definition) is 1. The van der Waals surface area contributed by atoms with Crippen LogP contribution in [0.2, 0.25) is 0 Å². The summed E-state index contributed by atoms with van der Waals surface area (Å²) in [5.74, 6) is -0.306. The summed E-state index contributed by atoms with van der Waals surface area (Å²) in [6, 6.07) is 7.05. The van der Waals surface area contributed by atoms with Crippen molar-refractivity contribution in [3.63, 3.8) is 0 Å². The molecule has 22 heavy (non-hydrogen) atoms. The lowest BCUT2D eigenvalue weighted by Gasteiger charge is -2.27. The lowest BCUT2D eigenvalue weighted by atomic mass is 10.2. The standard InChI is InChI=1S/C15H25N3O3S/c1-5-6-11-16-15(19)12-18(22(20,21)17(3)4)14-9-7-13(2)8-10-14/h7-10H,5-6,11-12H2,1-4H3,(H,16,19). The summed E-state index contributed by atoms with van der Waals surface area (Å²) < 4.78 is 27.1. The van der Waals surface area contributed by atoms with Gasteiger partial charge in [0.25, 0.3) is 0 Å². The fourth-order valence-corrected chi connectivity index (χ4v) is 2.87. The molecule has 7 heteroatoms. The van der Waals surface area contributed by atoms with Crippen LogP contribution in [0.5, 0.6) is 0 Å². The van der Waals surface area contributed by atoms with Crippen molar-refractivity contribution >= 4 is 21.8 Å². The number of nitrogens with one attached hydrogen (secondary N) is 1. The summed E-state index contributed by atoms with van der Waals surface area (Å²) in [6.45, 7) is 4.28. The maximum atomic E-state index is 12.5. The largest absolute Gasteiger partial charge is 0.355 e. The molecule has 0 bridgehead atoms. The van der Waals surface area contributed by atoms with Crippen molar-refractivity contribution in [1.82, 2.24) is 9.62 Å². The zero-order chi connectivity index (χ0) is 16.8. The van der Waals surface area contributed by atoms with Crippen molar-refractivity contribution in [2.45, 2.75) is 26.7 Å². The average Bonchev–Trinajstić information content (AvgIpc) is 2.46. The van der Waals surface area contributed by atoms with Gasteiger partial charge in [-0.1, -0.05) is 31.0 Å². The van der Waals surface area contributed by atoms with E-state index < -0.39 is 10.2 Å². The van der Waals surface area contributed by atoms with E-state index >= 15 is 0 Å². The highest BCUT2D eigenvalue weighted by atomic mass is 32.2. The number of hydrogen-bond acceptors (Lipinski definition) is 3. The molecule has 0 heterocycles. The summed E-state index contributed by atoms with van der Waals surface area (Å²) in [5, 5.41) is 2.74. The van der Waals surface area contributed by atoms with E-state index in [1.807, 2.05) is 26.0 Å². The third-order valence-corrected chi connectivity index (χ3v) is 5.02. The van der Waals surface area contributed by atoms with Gasteiger partial charge in [0.05, 0.1) is 5.69 Å². The Morgan fingerprint density at radius 1 is 1.18 bits per heavy atom. The average molecular weight is 327 g/mol. The minimum absolute atomic E-state index is 0.229. The van der Waals surface area contributed by atoms with Gasteiger partial charge in [0, 0.05) is 20.6 Å². The summed E-state index contributed by atoms with van der Waals surface area (Å²) >= 11 is 0. The molecular formula is C15H25N3O3S. The molecule has 0 aromatic heterocycles. The molecule has 1 aromatic rings. The van der Waals surface area contributed by atoms with Crippen LogP contribution in [-0.2, 0) is 15.0 Å². The van der Waals surface area contributed by atoms with Crippen molar-refractivity contribution in [1.29, 1.82) is 0 Å². The van der Waals surface area contributed by atoms with Crippen LogP contribution in [0.25, 0.3) is 0 Å². The maximum Gasteiger partial charge on any atom is 0.304 e. The minimum atomic E-state index is -3.72. The van der Waals surface area contributed by atoms with Gasteiger partial charge in [-0.25, -0.2) is 4.31 Å². The molecular weight excluding hydrogens is 302 g/mol. The number of amides is 1. The number of unbranched alkanes of at least 4 members (excludes halogenated alkanes) is 1. The number of anilines is 1. The Hall–Kier alpha value is -1.60. The van der Waals surface area contributed by atoms with Crippen LogP contribution in [-0.4, -0.2) is 45.8 Å². The number of rotatable bonds is 8. The molecule has 1 aromatic carbocycles. The first-order valence-electron chi connectivity index (χ1n) is 7.32. The molecule has 0 fully saturated rings. The minimum Gasteiger partial charge on any atom is -0.355 e. The second-order valence-corrected chi connectivity index (χ2v) is 7.40. The Morgan fingerprint density at radius 3 is 2.27 bits per heavy atom. The van der Waals surface area contributed by atoms with E-state index in [2.05, 4.69) is 5.32 Å². The highest BCUT2D eigenvalue weighted by Gasteiger charge is 2.27. The molecule has 1 amide bonds. The first-order valence-corrected chi connectivity index (χ1v) is 8.72. The van der Waals surface area contributed by atoms with Crippen LogP contribution in [0.15, 0.2) is 24.3 Å². The zero-order valence-corrected chi connectivity index (χ0v) is 14.5. The van der Waals surface area contributed by atoms with Crippen molar-refractivity contribution < 1.29 is 13.2 Å². The van der Waals surface area contributed by atoms with Gasteiger partial charge in [-0.2, -0.15) is 12.7 Å². The molecule has 124 valence electrons. The Labute approximate surface area is 133 Å². The number of nitrogens with zero attached hydrogens (tertiary/aromatic N) is 2. The van der Waals surface area contributed by atoms with Gasteiger partial charge in [-0.05, 0) is 25.5 Å². The second kappa shape index (κ2) is 8.14. The Kier molecular flexibility index (Phi) is 6.83. The molecule has 0 saturated carbocycles. The number of carbonyl (C=O) groups excluding carboxylic acids is 1. The molecule has 0 radical (unpaired) electrons. The second-order valence-electron chi connectivity index (χ2n) is 5.34. The van der Waals surface area contributed by atoms with Crippen LogP contribution in [0.1, 0.15) is 25.3 Å². The summed E-state index contributed by atoms with van der Waals surface area (Å²) in [6.07, 6.45) is 1.84. The van der Waals surface area contributed by atoms with Gasteiger partial charge in [0.1, 0.15) is 6.54 Å². The normalized spacial score (nSPS) is 11.5. The molecule has 0 aliphatic carbocycles. The summed E-state index contributed by atoms with van der Waals surface area (Å²) in [7, 11) is -0.825. The Bertz CT molecular complexity index is 583. The van der Waals surface area contributed by atoms with Crippen LogP contribution in [0, 0.1) is 6.92 Å². The van der Waals surface area contributed by atoms with Crippen LogP contribution in [0.3, 0.4) is 0 Å². The fourth-order valence-electron chi connectivity index (χ4n) is 1.81. The predicted octanol–water partition coefficient (Wildman–Crippen LogP) is 1.52. The molecule has 1 N–H and O–H groups in total. The first kappa shape index (κ1) is 18.4. The summed E-state index contributed by atoms with van der Waals surface area (Å²) in [4.78, 5) is 12.0. The third-order valence-electron chi connectivity index (χ3n) is 3.20. The van der Waals surface area contributed by atoms with Crippen molar-refractivity contribution in [3.05, 3.63) is 29.8 Å². The monoisotopic (exact) mass is 327 g/mol. The molecule has 6 nitrogen and oxygen atoms in total. The van der Waals surface area contributed by atoms with Crippen molar-refractivity contribution in [2.24, 2.45) is 0 Å². The first-order chi connectivity index (χ1) is 10.3. The van der Waals surface area contributed by atoms with E-state index in [4.69, 9.17) is 0 Å². The van der Waals surface area contributed by atoms with Crippen LogP contribution < -0.4 is 9.62 Å². The highest BCUT2D eigenvalue weighted by molar-refractivity contribution is 7.90. The van der Waals surface area contributed by atoms with E-state index in [9.17, 15) is 13.2 Å². The Balaban J connectivity index is 2.98. The van der Waals surface area contributed by atoms with E-state index in [1.165, 1.54) is 14.1 Å². The van der Waals surface area contributed by atoms with Gasteiger partial charge in [0.15, 0.2) is 0 Å². The molecule has 0 unspecified atom stereocenters. The molecule has 0 saturated heterocycles.